The predicted octanol–water partition coefficient (Wildman–Crippen LogP) is 2.70. The van der Waals surface area contributed by atoms with Crippen molar-refractivity contribution in [2.45, 2.75) is 25.3 Å². The summed E-state index contributed by atoms with van der Waals surface area (Å²) in [4.78, 5) is 12.9. The molecule has 1 aromatic heterocycles. The fourth-order valence-electron chi connectivity index (χ4n) is 2.92. The molecule has 22 heavy (non-hydrogen) atoms. The molecule has 0 spiro atoms. The molecule has 2 heterocycles. The maximum atomic E-state index is 13.0. The smallest absolute Gasteiger partial charge is 0.356 e. The molecule has 2 aromatic rings. The molecule has 6 heteroatoms. The molecular formula is C16H16FN3O2. The average Bonchev–Trinajstić information content (AvgIpc) is 2.90. The van der Waals surface area contributed by atoms with Crippen LogP contribution in [-0.4, -0.2) is 33.9 Å². The molecular weight excluding hydrogens is 285 g/mol. The van der Waals surface area contributed by atoms with E-state index in [-0.39, 0.29) is 17.6 Å². The zero-order chi connectivity index (χ0) is 15.7. The van der Waals surface area contributed by atoms with Crippen molar-refractivity contribution in [2.24, 2.45) is 0 Å². The van der Waals surface area contributed by atoms with E-state index in [4.69, 9.17) is 5.11 Å². The third kappa shape index (κ3) is 2.77. The van der Waals surface area contributed by atoms with E-state index in [1.165, 1.54) is 18.2 Å². The summed E-state index contributed by atoms with van der Waals surface area (Å²) >= 11 is 0. The molecule has 1 N–H and O–H groups in total. The van der Waals surface area contributed by atoms with Crippen molar-refractivity contribution in [1.29, 1.82) is 0 Å². The van der Waals surface area contributed by atoms with Crippen molar-refractivity contribution in [2.75, 3.05) is 11.4 Å². The number of carboxylic acids is 1. The lowest BCUT2D eigenvalue weighted by Crippen LogP contribution is -2.28. The van der Waals surface area contributed by atoms with Crippen molar-refractivity contribution in [3.8, 4) is 0 Å². The van der Waals surface area contributed by atoms with E-state index < -0.39 is 5.97 Å². The lowest BCUT2D eigenvalue weighted by molar-refractivity contribution is 0.0689. The summed E-state index contributed by atoms with van der Waals surface area (Å²) in [6, 6.07) is 9.99. The summed E-state index contributed by atoms with van der Waals surface area (Å²) in [5.41, 5.74) is 1.04. The van der Waals surface area contributed by atoms with Crippen LogP contribution in [-0.2, 0) is 0 Å². The number of anilines is 1. The number of hydrogen-bond donors (Lipinski definition) is 1. The molecule has 1 aliphatic heterocycles. The highest BCUT2D eigenvalue weighted by molar-refractivity contribution is 5.85. The lowest BCUT2D eigenvalue weighted by Gasteiger charge is -2.21. The van der Waals surface area contributed by atoms with Crippen LogP contribution < -0.4 is 4.90 Å². The molecule has 5 nitrogen and oxygen atoms in total. The first-order valence-corrected chi connectivity index (χ1v) is 7.13. The van der Waals surface area contributed by atoms with E-state index in [0.29, 0.717) is 11.7 Å². The number of benzene rings is 1. The first-order valence-electron chi connectivity index (χ1n) is 7.13. The standard InChI is InChI=1S/C16H16FN3O2/c1-10-8-12(11-2-4-13(17)5-3-11)9-20(10)15-7-6-14(16(21)22)18-19-15/h2-7,10,12H,8-9H2,1H3,(H,21,22). The molecule has 114 valence electrons. The molecule has 1 fully saturated rings. The van der Waals surface area contributed by atoms with Gasteiger partial charge in [-0.1, -0.05) is 12.1 Å². The molecule has 0 amide bonds. The van der Waals surface area contributed by atoms with Gasteiger partial charge in [0.15, 0.2) is 11.5 Å². The summed E-state index contributed by atoms with van der Waals surface area (Å²) in [7, 11) is 0. The molecule has 3 rings (SSSR count). The Kier molecular flexibility index (Phi) is 3.75. The molecule has 2 unspecified atom stereocenters. The largest absolute Gasteiger partial charge is 0.476 e. The summed E-state index contributed by atoms with van der Waals surface area (Å²) < 4.78 is 13.0. The van der Waals surface area contributed by atoms with Crippen LogP contribution >= 0.6 is 0 Å². The molecule has 1 aliphatic rings. The van der Waals surface area contributed by atoms with E-state index in [1.807, 2.05) is 12.1 Å². The maximum Gasteiger partial charge on any atom is 0.356 e. The van der Waals surface area contributed by atoms with E-state index in [1.54, 1.807) is 6.07 Å². The highest BCUT2D eigenvalue weighted by atomic mass is 19.1. The van der Waals surface area contributed by atoms with Gasteiger partial charge in [-0.15, -0.1) is 10.2 Å². The highest BCUT2D eigenvalue weighted by Crippen LogP contribution is 2.34. The molecule has 2 atom stereocenters. The molecule has 1 aromatic carbocycles. The van der Waals surface area contributed by atoms with E-state index >= 15 is 0 Å². The van der Waals surface area contributed by atoms with Gasteiger partial charge in [-0.05, 0) is 43.2 Å². The van der Waals surface area contributed by atoms with E-state index in [9.17, 15) is 9.18 Å². The SMILES string of the molecule is CC1CC(c2ccc(F)cc2)CN1c1ccc(C(=O)O)nn1. The van der Waals surface area contributed by atoms with Crippen LogP contribution in [0.4, 0.5) is 10.2 Å². The number of nitrogens with zero attached hydrogens (tertiary/aromatic N) is 3. The first kappa shape index (κ1) is 14.4. The minimum Gasteiger partial charge on any atom is -0.476 e. The zero-order valence-corrected chi connectivity index (χ0v) is 12.1. The number of aromatic nitrogens is 2. The minimum absolute atomic E-state index is 0.0642. The van der Waals surface area contributed by atoms with Gasteiger partial charge in [0.2, 0.25) is 0 Å². The van der Waals surface area contributed by atoms with Crippen LogP contribution in [0, 0.1) is 5.82 Å². The summed E-state index contributed by atoms with van der Waals surface area (Å²) in [6.45, 7) is 2.85. The number of carboxylic acid groups (broad SMARTS) is 1. The van der Waals surface area contributed by atoms with Gasteiger partial charge in [0.05, 0.1) is 0 Å². The second kappa shape index (κ2) is 5.71. The fraction of sp³-hybridized carbons (Fsp3) is 0.312. The Labute approximate surface area is 127 Å². The Morgan fingerprint density at radius 1 is 1.23 bits per heavy atom. The number of hydrogen-bond acceptors (Lipinski definition) is 4. The minimum atomic E-state index is -1.09. The van der Waals surface area contributed by atoms with Crippen LogP contribution in [0.25, 0.3) is 0 Å². The molecule has 0 aliphatic carbocycles. The van der Waals surface area contributed by atoms with Gasteiger partial charge >= 0.3 is 5.97 Å². The monoisotopic (exact) mass is 301 g/mol. The summed E-state index contributed by atoms with van der Waals surface area (Å²) in [5, 5.41) is 16.6. The van der Waals surface area contributed by atoms with Gasteiger partial charge < -0.3 is 10.0 Å². The van der Waals surface area contributed by atoms with Crippen LogP contribution in [0.15, 0.2) is 36.4 Å². The topological polar surface area (TPSA) is 66.3 Å². The van der Waals surface area contributed by atoms with Crippen molar-refractivity contribution in [1.82, 2.24) is 10.2 Å². The van der Waals surface area contributed by atoms with Gasteiger partial charge in [-0.25, -0.2) is 9.18 Å². The number of aromatic carboxylic acids is 1. The predicted molar refractivity (Wildman–Crippen MR) is 79.6 cm³/mol. The van der Waals surface area contributed by atoms with Gasteiger partial charge in [-0.3, -0.25) is 0 Å². The fourth-order valence-corrected chi connectivity index (χ4v) is 2.92. The zero-order valence-electron chi connectivity index (χ0n) is 12.1. The van der Waals surface area contributed by atoms with Crippen LogP contribution in [0.2, 0.25) is 0 Å². The van der Waals surface area contributed by atoms with Crippen molar-refractivity contribution < 1.29 is 14.3 Å². The Hall–Kier alpha value is -2.50. The van der Waals surface area contributed by atoms with Crippen LogP contribution in [0.3, 0.4) is 0 Å². The first-order chi connectivity index (χ1) is 10.5. The third-order valence-electron chi connectivity index (χ3n) is 4.08. The Balaban J connectivity index is 1.78. The van der Waals surface area contributed by atoms with Crippen LogP contribution in [0.5, 0.6) is 0 Å². The highest BCUT2D eigenvalue weighted by Gasteiger charge is 2.31. The van der Waals surface area contributed by atoms with Crippen LogP contribution in [0.1, 0.15) is 35.3 Å². The number of carbonyl (C=O) groups is 1. The number of rotatable bonds is 3. The average molecular weight is 301 g/mol. The van der Waals surface area contributed by atoms with Crippen molar-refractivity contribution in [3.63, 3.8) is 0 Å². The Morgan fingerprint density at radius 2 is 1.95 bits per heavy atom. The second-order valence-electron chi connectivity index (χ2n) is 5.57. The van der Waals surface area contributed by atoms with Crippen molar-refractivity contribution >= 4 is 11.8 Å². The Morgan fingerprint density at radius 3 is 2.55 bits per heavy atom. The molecule has 0 radical (unpaired) electrons. The Bertz CT molecular complexity index is 673. The third-order valence-corrected chi connectivity index (χ3v) is 4.08. The summed E-state index contributed by atoms with van der Waals surface area (Å²) in [5.74, 6) is -0.349. The lowest BCUT2D eigenvalue weighted by atomic mass is 9.97. The van der Waals surface area contributed by atoms with E-state index in [0.717, 1.165) is 18.5 Å². The molecule has 1 saturated heterocycles. The summed E-state index contributed by atoms with van der Waals surface area (Å²) in [6.07, 6.45) is 0.938. The van der Waals surface area contributed by atoms with Gasteiger partial charge in [0.1, 0.15) is 5.82 Å². The van der Waals surface area contributed by atoms with E-state index in [2.05, 4.69) is 22.0 Å². The number of halogens is 1. The second-order valence-corrected chi connectivity index (χ2v) is 5.57. The van der Waals surface area contributed by atoms with Crippen molar-refractivity contribution in [3.05, 3.63) is 53.5 Å². The normalized spacial score (nSPS) is 21.1. The maximum absolute atomic E-state index is 13.0. The quantitative estimate of drug-likeness (QED) is 0.944. The molecule has 0 bridgehead atoms. The van der Waals surface area contributed by atoms with Gasteiger partial charge in [-0.2, -0.15) is 0 Å². The molecule has 0 saturated carbocycles. The van der Waals surface area contributed by atoms with Gasteiger partial charge in [0.25, 0.3) is 0 Å². The van der Waals surface area contributed by atoms with Gasteiger partial charge in [0, 0.05) is 18.5 Å².